The van der Waals surface area contributed by atoms with Gasteiger partial charge in [-0.25, -0.2) is 0 Å². The van der Waals surface area contributed by atoms with Crippen LogP contribution in [0.4, 0.5) is 0 Å². The molecule has 1 aromatic rings. The molecule has 0 spiro atoms. The van der Waals surface area contributed by atoms with Gasteiger partial charge < -0.3 is 4.43 Å². The van der Waals surface area contributed by atoms with Gasteiger partial charge in [0, 0.05) is 12.8 Å². The Morgan fingerprint density at radius 1 is 1.22 bits per heavy atom. The summed E-state index contributed by atoms with van der Waals surface area (Å²) in [6.45, 7) is 14.0. The molecule has 0 aliphatic rings. The minimum absolute atomic E-state index is 0.124. The summed E-state index contributed by atoms with van der Waals surface area (Å²) in [6, 6.07) is 5.68. The van der Waals surface area contributed by atoms with Gasteiger partial charge in [0.2, 0.25) is 0 Å². The lowest BCUT2D eigenvalue weighted by Gasteiger charge is -2.36. The minimum Gasteiger partial charge on any atom is -0.417 e. The van der Waals surface area contributed by atoms with Crippen LogP contribution in [0.1, 0.15) is 52.7 Å². The highest BCUT2D eigenvalue weighted by molar-refractivity contribution is 7.96. The lowest BCUT2D eigenvalue weighted by Crippen LogP contribution is -2.41. The molecule has 0 aliphatic heterocycles. The van der Waals surface area contributed by atoms with Crippen molar-refractivity contribution < 1.29 is 9.22 Å². The van der Waals surface area contributed by atoms with E-state index < -0.39 is 13.7 Å². The first-order chi connectivity index (χ1) is 10.5. The molecule has 1 aromatic heterocycles. The predicted octanol–water partition coefficient (Wildman–Crippen LogP) is 4.99. The van der Waals surface area contributed by atoms with Gasteiger partial charge in [-0.1, -0.05) is 26.8 Å². The van der Waals surface area contributed by atoms with Crippen molar-refractivity contribution in [2.45, 2.75) is 70.5 Å². The summed E-state index contributed by atoms with van der Waals surface area (Å²) in [4.78, 5) is 16.4. The van der Waals surface area contributed by atoms with Crippen molar-refractivity contribution in [2.24, 2.45) is 0 Å². The molecule has 130 valence electrons. The first-order valence-electron chi connectivity index (χ1n) is 8.29. The molecule has 1 atom stereocenters. The highest BCUT2D eigenvalue weighted by atomic mass is 32.1. The summed E-state index contributed by atoms with van der Waals surface area (Å²) in [6.07, 6.45) is 4.35. The second kappa shape index (κ2) is 7.95. The van der Waals surface area contributed by atoms with Gasteiger partial charge in [0.05, 0.1) is 11.1 Å². The minimum atomic E-state index is -1.68. The zero-order chi connectivity index (χ0) is 17.7. The normalized spacial score (nSPS) is 15.3. The Bertz CT molecular complexity index is 514. The summed E-state index contributed by atoms with van der Waals surface area (Å²) in [7, 11) is -1.68. The number of aromatic nitrogens is 1. The third-order valence-electron chi connectivity index (χ3n) is 5.04. The van der Waals surface area contributed by atoms with Crippen molar-refractivity contribution in [1.82, 2.24) is 4.98 Å². The molecule has 5 heteroatoms. The second-order valence-corrected chi connectivity index (χ2v) is 13.1. The Hall–Kier alpha value is -0.653. The average Bonchev–Trinajstić information content (AvgIpc) is 2.46. The van der Waals surface area contributed by atoms with E-state index >= 15 is 0 Å². The van der Waals surface area contributed by atoms with E-state index in [-0.39, 0.29) is 10.2 Å². The van der Waals surface area contributed by atoms with E-state index in [9.17, 15) is 4.79 Å². The molecule has 1 unspecified atom stereocenters. The Morgan fingerprint density at radius 3 is 2.35 bits per heavy atom. The molecule has 0 amide bonds. The quantitative estimate of drug-likeness (QED) is 0.406. The Labute approximate surface area is 147 Å². The van der Waals surface area contributed by atoms with Crippen molar-refractivity contribution in [3.63, 3.8) is 0 Å². The predicted molar refractivity (Wildman–Crippen MR) is 103 cm³/mol. The fourth-order valence-corrected chi connectivity index (χ4v) is 3.47. The van der Waals surface area contributed by atoms with Gasteiger partial charge in [0.1, 0.15) is 0 Å². The molecule has 1 rings (SSSR count). The van der Waals surface area contributed by atoms with Crippen LogP contribution in [0.15, 0.2) is 24.4 Å². The van der Waals surface area contributed by atoms with Gasteiger partial charge in [-0.15, -0.1) is 12.6 Å². The van der Waals surface area contributed by atoms with E-state index in [2.05, 4.69) is 51.5 Å². The highest BCUT2D eigenvalue weighted by Crippen LogP contribution is 2.37. The molecule has 3 nitrogen and oxygen atoms in total. The molecule has 0 bridgehead atoms. The van der Waals surface area contributed by atoms with Crippen LogP contribution in [-0.2, 0) is 14.6 Å². The number of pyridine rings is 1. The third kappa shape index (κ3) is 5.43. The topological polar surface area (TPSA) is 39.2 Å². The van der Waals surface area contributed by atoms with Crippen molar-refractivity contribution in [3.05, 3.63) is 30.1 Å². The van der Waals surface area contributed by atoms with Crippen molar-refractivity contribution >= 4 is 26.1 Å². The summed E-state index contributed by atoms with van der Waals surface area (Å²) >= 11 is 4.10. The lowest BCUT2D eigenvalue weighted by molar-refractivity contribution is -0.115. The third-order valence-corrected chi connectivity index (χ3v) is 10.1. The van der Waals surface area contributed by atoms with Crippen LogP contribution < -0.4 is 0 Å². The first kappa shape index (κ1) is 20.4. The molecule has 0 radical (unpaired) electrons. The van der Waals surface area contributed by atoms with E-state index in [1.807, 2.05) is 25.1 Å². The summed E-state index contributed by atoms with van der Waals surface area (Å²) in [5.74, 6) is 0. The number of rotatable bonds is 8. The van der Waals surface area contributed by atoms with E-state index in [1.54, 1.807) is 6.20 Å². The zero-order valence-electron chi connectivity index (χ0n) is 15.3. The van der Waals surface area contributed by atoms with Gasteiger partial charge in [-0.05, 0) is 56.5 Å². The van der Waals surface area contributed by atoms with E-state index in [0.717, 1.165) is 31.6 Å². The van der Waals surface area contributed by atoms with E-state index in [1.165, 1.54) is 0 Å². The van der Waals surface area contributed by atoms with Crippen LogP contribution in [0.2, 0.25) is 18.1 Å². The molecule has 0 saturated carbocycles. The molecule has 0 fully saturated rings. The van der Waals surface area contributed by atoms with Crippen LogP contribution >= 0.6 is 12.6 Å². The molecule has 23 heavy (non-hydrogen) atoms. The van der Waals surface area contributed by atoms with Crippen molar-refractivity contribution in [3.8, 4) is 0 Å². The summed E-state index contributed by atoms with van der Waals surface area (Å²) in [5, 5.41) is 0.109. The standard InChI is InChI=1S/C18H31NO2SSi/c1-17(2,3)23(5,6)21-14-10-8-12-18(4,16(20)22)15-11-7-9-13-19-15/h7,9,11,13H,8,10,12,14H2,1-6H3,(H,20,22). The Balaban J connectivity index is 2.55. The molecule has 0 N–H and O–H groups in total. The monoisotopic (exact) mass is 353 g/mol. The van der Waals surface area contributed by atoms with Crippen LogP contribution in [-0.4, -0.2) is 25.0 Å². The maximum Gasteiger partial charge on any atom is 0.197 e. The number of hydrogen-bond acceptors (Lipinski definition) is 3. The van der Waals surface area contributed by atoms with E-state index in [0.29, 0.717) is 0 Å². The van der Waals surface area contributed by atoms with Crippen LogP contribution in [0.25, 0.3) is 0 Å². The van der Waals surface area contributed by atoms with Crippen molar-refractivity contribution in [2.75, 3.05) is 6.61 Å². The number of carbonyl (C=O) groups excluding carboxylic acids is 1. The van der Waals surface area contributed by atoms with Gasteiger partial charge in [-0.2, -0.15) is 0 Å². The molecular weight excluding hydrogens is 322 g/mol. The Morgan fingerprint density at radius 2 is 1.87 bits per heavy atom. The first-order valence-corrected chi connectivity index (χ1v) is 11.7. The number of unbranched alkanes of at least 4 members (excludes halogenated alkanes) is 1. The maximum absolute atomic E-state index is 12.0. The maximum atomic E-state index is 12.0. The SMILES string of the molecule is CC(CCCCO[Si](C)(C)C(C)(C)C)(C(=O)S)c1ccccn1. The molecular formula is C18H31NO2SSi. The van der Waals surface area contributed by atoms with Gasteiger partial charge in [-0.3, -0.25) is 9.78 Å². The molecule has 0 aromatic carbocycles. The fraction of sp³-hybridized carbons (Fsp3) is 0.667. The van der Waals surface area contributed by atoms with Crippen LogP contribution in [0, 0.1) is 0 Å². The smallest absolute Gasteiger partial charge is 0.197 e. The summed E-state index contributed by atoms with van der Waals surface area (Å²) in [5.41, 5.74) is 0.173. The van der Waals surface area contributed by atoms with Gasteiger partial charge in [0.15, 0.2) is 13.4 Å². The Kier molecular flexibility index (Phi) is 7.05. The molecule has 0 saturated heterocycles. The van der Waals surface area contributed by atoms with Crippen LogP contribution in [0.5, 0.6) is 0 Å². The molecule has 0 aliphatic carbocycles. The largest absolute Gasteiger partial charge is 0.417 e. The second-order valence-electron chi connectivity index (χ2n) is 7.92. The fourth-order valence-electron chi connectivity index (χ4n) is 2.16. The van der Waals surface area contributed by atoms with Gasteiger partial charge in [0.25, 0.3) is 0 Å². The van der Waals surface area contributed by atoms with Crippen LogP contribution in [0.3, 0.4) is 0 Å². The van der Waals surface area contributed by atoms with Gasteiger partial charge >= 0.3 is 0 Å². The van der Waals surface area contributed by atoms with Crippen molar-refractivity contribution in [1.29, 1.82) is 0 Å². The number of thiol groups is 1. The molecule has 1 heterocycles. The number of carbonyl (C=O) groups is 1. The highest BCUT2D eigenvalue weighted by Gasteiger charge is 2.37. The average molecular weight is 354 g/mol. The zero-order valence-corrected chi connectivity index (χ0v) is 17.2. The number of hydrogen-bond donors (Lipinski definition) is 1. The number of nitrogens with zero attached hydrogens (tertiary/aromatic N) is 1. The van der Waals surface area contributed by atoms with E-state index in [4.69, 9.17) is 4.43 Å². The summed E-state index contributed by atoms with van der Waals surface area (Å²) < 4.78 is 6.19. The lowest BCUT2D eigenvalue weighted by atomic mass is 9.82.